The third kappa shape index (κ3) is 10.7. The van der Waals surface area contributed by atoms with E-state index in [-0.39, 0.29) is 5.54 Å². The van der Waals surface area contributed by atoms with E-state index in [0.717, 1.165) is 0 Å². The van der Waals surface area contributed by atoms with Crippen LogP contribution in [0.4, 0.5) is 0 Å². The van der Waals surface area contributed by atoms with Crippen molar-refractivity contribution < 1.29 is 0 Å². The molecule has 0 radical (unpaired) electrons. The Hall–Kier alpha value is -0.0800. The number of nitrogens with two attached hydrogens (primary N) is 1. The average molecular weight is 409 g/mol. The predicted molar refractivity (Wildman–Crippen MR) is 132 cm³/mol. The van der Waals surface area contributed by atoms with Gasteiger partial charge in [0.25, 0.3) is 0 Å². The molecule has 0 saturated carbocycles. The Morgan fingerprint density at radius 1 is 0.724 bits per heavy atom. The monoisotopic (exact) mass is 408 g/mol. The van der Waals surface area contributed by atoms with E-state index in [2.05, 4.69) is 39.6 Å². The molecule has 1 aliphatic rings. The van der Waals surface area contributed by atoms with Crippen LogP contribution in [0.1, 0.15) is 143 Å². The molecule has 0 aliphatic carbocycles. The van der Waals surface area contributed by atoms with Gasteiger partial charge >= 0.3 is 0 Å². The number of piperidine rings is 1. The Morgan fingerprint density at radius 2 is 1.10 bits per heavy atom. The molecule has 1 heterocycles. The molecule has 0 spiro atoms. The molecule has 2 heteroatoms. The number of rotatable bonds is 17. The van der Waals surface area contributed by atoms with Gasteiger partial charge in [0, 0.05) is 17.6 Å². The topological polar surface area (TPSA) is 29.3 Å². The maximum Gasteiger partial charge on any atom is 0.0193 e. The lowest BCUT2D eigenvalue weighted by atomic mass is 9.74. The number of nitrogens with zero attached hydrogens (tertiary/aromatic N) is 1. The second-order valence-corrected chi connectivity index (χ2v) is 10.7. The van der Waals surface area contributed by atoms with Crippen molar-refractivity contribution in [2.45, 2.75) is 161 Å². The molecule has 29 heavy (non-hydrogen) atoms. The van der Waals surface area contributed by atoms with Crippen LogP contribution in [-0.2, 0) is 0 Å². The van der Waals surface area contributed by atoms with Gasteiger partial charge < -0.3 is 5.73 Å². The molecule has 1 saturated heterocycles. The van der Waals surface area contributed by atoms with Gasteiger partial charge in [-0.1, -0.05) is 117 Å². The molecular weight excluding hydrogens is 352 g/mol. The molecule has 1 aliphatic heterocycles. The van der Waals surface area contributed by atoms with E-state index in [1.165, 1.54) is 116 Å². The maximum atomic E-state index is 6.44. The average Bonchev–Trinajstić information content (AvgIpc) is 2.70. The highest BCUT2D eigenvalue weighted by molar-refractivity contribution is 4.99. The van der Waals surface area contributed by atoms with Gasteiger partial charge in [0.15, 0.2) is 0 Å². The number of likely N-dealkylation sites (tertiary alicyclic amines) is 1. The standard InChI is InChI=1S/C27H56N2/c1-6-7-8-9-10-11-12-13-14-15-16-17-18-19-20-21-22-25-23-26(28)24(2)27(3,4)29(25)5/h24-26H,6-23,28H2,1-5H3. The Morgan fingerprint density at radius 3 is 1.52 bits per heavy atom. The van der Waals surface area contributed by atoms with E-state index in [1.54, 1.807) is 0 Å². The Bertz CT molecular complexity index is 379. The van der Waals surface area contributed by atoms with Gasteiger partial charge in [-0.3, -0.25) is 4.90 Å². The van der Waals surface area contributed by atoms with E-state index < -0.39 is 0 Å². The van der Waals surface area contributed by atoms with Crippen molar-refractivity contribution in [3.05, 3.63) is 0 Å². The van der Waals surface area contributed by atoms with Gasteiger partial charge in [0.05, 0.1) is 0 Å². The molecule has 0 aromatic rings. The summed E-state index contributed by atoms with van der Waals surface area (Å²) >= 11 is 0. The molecule has 0 aromatic heterocycles. The van der Waals surface area contributed by atoms with Crippen LogP contribution in [0.5, 0.6) is 0 Å². The van der Waals surface area contributed by atoms with Gasteiger partial charge in [-0.25, -0.2) is 0 Å². The van der Waals surface area contributed by atoms with E-state index in [1.807, 2.05) is 0 Å². The third-order valence-electron chi connectivity index (χ3n) is 8.15. The summed E-state index contributed by atoms with van der Waals surface area (Å²) in [5.74, 6) is 0.578. The first-order chi connectivity index (χ1) is 13.9. The van der Waals surface area contributed by atoms with Crippen molar-refractivity contribution in [2.24, 2.45) is 11.7 Å². The zero-order valence-corrected chi connectivity index (χ0v) is 21.0. The molecule has 3 unspecified atom stereocenters. The summed E-state index contributed by atoms with van der Waals surface area (Å²) in [7, 11) is 2.32. The highest BCUT2D eigenvalue weighted by atomic mass is 15.2. The molecule has 1 rings (SSSR count). The lowest BCUT2D eigenvalue weighted by Gasteiger charge is -2.52. The second kappa shape index (κ2) is 15.7. The fourth-order valence-corrected chi connectivity index (χ4v) is 5.23. The Kier molecular flexibility index (Phi) is 14.6. The molecular formula is C27H56N2. The van der Waals surface area contributed by atoms with E-state index in [0.29, 0.717) is 18.0 Å². The fourth-order valence-electron chi connectivity index (χ4n) is 5.23. The van der Waals surface area contributed by atoms with Crippen molar-refractivity contribution in [3.63, 3.8) is 0 Å². The quantitative estimate of drug-likeness (QED) is 0.246. The van der Waals surface area contributed by atoms with Crippen LogP contribution in [0.3, 0.4) is 0 Å². The van der Waals surface area contributed by atoms with Gasteiger partial charge in [0.1, 0.15) is 0 Å². The van der Waals surface area contributed by atoms with Crippen LogP contribution in [0.15, 0.2) is 0 Å². The summed E-state index contributed by atoms with van der Waals surface area (Å²) in [4.78, 5) is 2.62. The smallest absolute Gasteiger partial charge is 0.0193 e. The minimum atomic E-state index is 0.234. The number of hydrogen-bond acceptors (Lipinski definition) is 2. The van der Waals surface area contributed by atoms with Crippen molar-refractivity contribution in [1.82, 2.24) is 4.90 Å². The molecule has 3 atom stereocenters. The zero-order chi connectivity index (χ0) is 21.5. The van der Waals surface area contributed by atoms with Crippen LogP contribution in [0.25, 0.3) is 0 Å². The normalized spacial score (nSPS) is 24.8. The molecule has 1 fully saturated rings. The first kappa shape index (κ1) is 27.0. The lowest BCUT2D eigenvalue weighted by molar-refractivity contribution is -0.00905. The molecule has 174 valence electrons. The molecule has 2 N–H and O–H groups in total. The summed E-state index contributed by atoms with van der Waals surface area (Å²) in [6, 6.07) is 1.05. The minimum absolute atomic E-state index is 0.234. The highest BCUT2D eigenvalue weighted by Crippen LogP contribution is 2.36. The van der Waals surface area contributed by atoms with Crippen LogP contribution in [-0.4, -0.2) is 29.6 Å². The van der Waals surface area contributed by atoms with Crippen LogP contribution >= 0.6 is 0 Å². The van der Waals surface area contributed by atoms with Crippen molar-refractivity contribution in [3.8, 4) is 0 Å². The van der Waals surface area contributed by atoms with Crippen LogP contribution < -0.4 is 5.73 Å². The van der Waals surface area contributed by atoms with Crippen molar-refractivity contribution in [2.75, 3.05) is 7.05 Å². The van der Waals surface area contributed by atoms with Crippen molar-refractivity contribution >= 4 is 0 Å². The first-order valence-electron chi connectivity index (χ1n) is 13.4. The predicted octanol–water partition coefficient (Wildman–Crippen LogP) is 8.08. The summed E-state index contributed by atoms with van der Waals surface area (Å²) in [6.45, 7) is 9.37. The van der Waals surface area contributed by atoms with E-state index in [9.17, 15) is 0 Å². The molecule has 0 aromatic carbocycles. The Balaban J connectivity index is 1.89. The minimum Gasteiger partial charge on any atom is -0.327 e. The van der Waals surface area contributed by atoms with E-state index in [4.69, 9.17) is 5.73 Å². The van der Waals surface area contributed by atoms with E-state index >= 15 is 0 Å². The summed E-state index contributed by atoms with van der Waals surface area (Å²) in [6.07, 6.45) is 25.6. The largest absolute Gasteiger partial charge is 0.327 e. The molecule has 2 nitrogen and oxygen atoms in total. The van der Waals surface area contributed by atoms with Gasteiger partial charge in [-0.2, -0.15) is 0 Å². The number of unbranched alkanes of at least 4 members (excludes halogenated alkanes) is 15. The summed E-state index contributed by atoms with van der Waals surface area (Å²) in [5, 5.41) is 0. The highest BCUT2D eigenvalue weighted by Gasteiger charge is 2.42. The van der Waals surface area contributed by atoms with Gasteiger partial charge in [0.2, 0.25) is 0 Å². The van der Waals surface area contributed by atoms with Crippen LogP contribution in [0.2, 0.25) is 0 Å². The van der Waals surface area contributed by atoms with Crippen LogP contribution in [0, 0.1) is 5.92 Å². The molecule has 0 amide bonds. The zero-order valence-electron chi connectivity index (χ0n) is 21.0. The lowest BCUT2D eigenvalue weighted by Crippen LogP contribution is -2.61. The summed E-state index contributed by atoms with van der Waals surface area (Å²) < 4.78 is 0. The SMILES string of the molecule is CCCCCCCCCCCCCCCCCCC1CC(N)C(C)C(C)(C)N1C. The van der Waals surface area contributed by atoms with Crippen molar-refractivity contribution in [1.29, 1.82) is 0 Å². The van der Waals surface area contributed by atoms with Gasteiger partial charge in [-0.05, 0) is 39.7 Å². The fraction of sp³-hybridized carbons (Fsp3) is 1.00. The first-order valence-corrected chi connectivity index (χ1v) is 13.4. The maximum absolute atomic E-state index is 6.44. The number of hydrogen-bond donors (Lipinski definition) is 1. The summed E-state index contributed by atoms with van der Waals surface area (Å²) in [5.41, 5.74) is 6.67. The second-order valence-electron chi connectivity index (χ2n) is 10.7. The van der Waals surface area contributed by atoms with Gasteiger partial charge in [-0.15, -0.1) is 0 Å². The third-order valence-corrected chi connectivity index (χ3v) is 8.15. The molecule has 0 bridgehead atoms. The Labute approximate surface area is 184 Å².